The molecule has 6 nitrogen and oxygen atoms in total. The summed E-state index contributed by atoms with van der Waals surface area (Å²) >= 11 is 0. The fraction of sp³-hybridized carbons (Fsp3) is 0.538. The number of aryl methyl sites for hydroxylation is 1. The van der Waals surface area contributed by atoms with Gasteiger partial charge in [-0.05, 0) is 12.5 Å². The van der Waals surface area contributed by atoms with Gasteiger partial charge in [0.1, 0.15) is 30.5 Å². The van der Waals surface area contributed by atoms with Crippen LogP contribution in [-0.2, 0) is 0 Å². The van der Waals surface area contributed by atoms with Gasteiger partial charge in [-0.2, -0.15) is 0 Å². The summed E-state index contributed by atoms with van der Waals surface area (Å²) in [6.07, 6.45) is -8.21. The fourth-order valence-electron chi connectivity index (χ4n) is 1.78. The van der Waals surface area contributed by atoms with Gasteiger partial charge in [0, 0.05) is 0 Å². The lowest BCUT2D eigenvalue weighted by atomic mass is 9.94. The van der Waals surface area contributed by atoms with Gasteiger partial charge in [-0.25, -0.2) is 0 Å². The SMILES string of the molecule is Cc1cccc(C(O)[C@H](O)[C@@H](O)[C@H](O)[C@H](O)CO)c1. The van der Waals surface area contributed by atoms with Gasteiger partial charge in [0.05, 0.1) is 6.61 Å². The molecule has 0 saturated heterocycles. The van der Waals surface area contributed by atoms with Crippen LogP contribution < -0.4 is 0 Å². The minimum Gasteiger partial charge on any atom is -0.394 e. The second kappa shape index (κ2) is 6.95. The van der Waals surface area contributed by atoms with Crippen LogP contribution in [-0.4, -0.2) is 61.7 Å². The van der Waals surface area contributed by atoms with E-state index >= 15 is 0 Å². The van der Waals surface area contributed by atoms with Gasteiger partial charge in [0.2, 0.25) is 0 Å². The van der Waals surface area contributed by atoms with Crippen LogP contribution in [0.4, 0.5) is 0 Å². The normalized spacial score (nSPS) is 19.5. The van der Waals surface area contributed by atoms with Crippen LogP contribution >= 0.6 is 0 Å². The Bertz CT molecular complexity index is 396. The monoisotopic (exact) mass is 272 g/mol. The molecule has 1 rings (SSSR count). The maximum Gasteiger partial charge on any atom is 0.113 e. The summed E-state index contributed by atoms with van der Waals surface area (Å²) in [6.45, 7) is 1.05. The van der Waals surface area contributed by atoms with E-state index in [0.29, 0.717) is 5.56 Å². The molecule has 0 aliphatic carbocycles. The summed E-state index contributed by atoms with van der Waals surface area (Å²) in [5, 5.41) is 56.7. The average Bonchev–Trinajstić information content (AvgIpc) is 2.43. The lowest BCUT2D eigenvalue weighted by Gasteiger charge is -2.28. The second-order valence-corrected chi connectivity index (χ2v) is 4.58. The van der Waals surface area contributed by atoms with Crippen LogP contribution in [0.3, 0.4) is 0 Å². The van der Waals surface area contributed by atoms with Gasteiger partial charge in [-0.15, -0.1) is 0 Å². The van der Waals surface area contributed by atoms with E-state index in [1.165, 1.54) is 0 Å². The minimum atomic E-state index is -1.78. The van der Waals surface area contributed by atoms with Crippen molar-refractivity contribution in [3.63, 3.8) is 0 Å². The topological polar surface area (TPSA) is 121 Å². The van der Waals surface area contributed by atoms with Crippen LogP contribution in [0.2, 0.25) is 0 Å². The zero-order valence-electron chi connectivity index (χ0n) is 10.6. The van der Waals surface area contributed by atoms with E-state index in [-0.39, 0.29) is 0 Å². The highest BCUT2D eigenvalue weighted by Gasteiger charge is 2.34. The van der Waals surface area contributed by atoms with E-state index in [4.69, 9.17) is 5.11 Å². The van der Waals surface area contributed by atoms with Crippen LogP contribution in [0, 0.1) is 6.92 Å². The Morgan fingerprint density at radius 1 is 0.947 bits per heavy atom. The molecule has 0 fully saturated rings. The van der Waals surface area contributed by atoms with Crippen LogP contribution in [0.1, 0.15) is 17.2 Å². The second-order valence-electron chi connectivity index (χ2n) is 4.58. The molecule has 1 aromatic carbocycles. The Morgan fingerprint density at radius 3 is 2.11 bits per heavy atom. The van der Waals surface area contributed by atoms with E-state index in [9.17, 15) is 25.5 Å². The highest BCUT2D eigenvalue weighted by molar-refractivity contribution is 5.25. The molecule has 5 atom stereocenters. The zero-order chi connectivity index (χ0) is 14.6. The summed E-state index contributed by atoms with van der Waals surface area (Å²) in [5.41, 5.74) is 1.26. The first-order valence-corrected chi connectivity index (χ1v) is 5.96. The molecule has 0 saturated carbocycles. The summed E-state index contributed by atoms with van der Waals surface area (Å²) in [4.78, 5) is 0. The molecule has 1 unspecified atom stereocenters. The molecule has 19 heavy (non-hydrogen) atoms. The van der Waals surface area contributed by atoms with Gasteiger partial charge < -0.3 is 30.6 Å². The quantitative estimate of drug-likeness (QED) is 0.373. The zero-order valence-corrected chi connectivity index (χ0v) is 10.6. The van der Waals surface area contributed by atoms with Crippen molar-refractivity contribution in [2.45, 2.75) is 37.4 Å². The number of aliphatic hydroxyl groups excluding tert-OH is 6. The minimum absolute atomic E-state index is 0.386. The molecule has 0 aliphatic heterocycles. The molecular formula is C13H20O6. The van der Waals surface area contributed by atoms with Gasteiger partial charge in [0.15, 0.2) is 0 Å². The van der Waals surface area contributed by atoms with Crippen molar-refractivity contribution < 1.29 is 30.6 Å². The number of rotatable bonds is 6. The van der Waals surface area contributed by atoms with Crippen molar-refractivity contribution in [1.82, 2.24) is 0 Å². The molecule has 0 bridgehead atoms. The van der Waals surface area contributed by atoms with Crippen molar-refractivity contribution in [3.05, 3.63) is 35.4 Å². The highest BCUT2D eigenvalue weighted by atomic mass is 16.4. The van der Waals surface area contributed by atoms with E-state index in [1.54, 1.807) is 18.2 Å². The standard InChI is InChI=1S/C13H20O6/c1-7-3-2-4-8(5-7)10(16)12(18)13(19)11(17)9(15)6-14/h2-5,9-19H,6H2,1H3/t9-,10?,11-,12+,13+/m1/s1. The summed E-state index contributed by atoms with van der Waals surface area (Å²) in [5.74, 6) is 0. The van der Waals surface area contributed by atoms with Gasteiger partial charge in [-0.3, -0.25) is 0 Å². The Labute approximate surface area is 111 Å². The third kappa shape index (κ3) is 3.97. The average molecular weight is 272 g/mol. The molecule has 0 aromatic heterocycles. The van der Waals surface area contributed by atoms with Crippen LogP contribution in [0.15, 0.2) is 24.3 Å². The Morgan fingerprint density at radius 2 is 1.58 bits per heavy atom. The fourth-order valence-corrected chi connectivity index (χ4v) is 1.78. The molecule has 0 radical (unpaired) electrons. The molecule has 0 heterocycles. The third-order valence-electron chi connectivity index (χ3n) is 2.99. The van der Waals surface area contributed by atoms with Crippen molar-refractivity contribution in [2.24, 2.45) is 0 Å². The van der Waals surface area contributed by atoms with Crippen molar-refractivity contribution in [2.75, 3.05) is 6.61 Å². The molecule has 108 valence electrons. The Kier molecular flexibility index (Phi) is 5.86. The van der Waals surface area contributed by atoms with E-state index in [0.717, 1.165) is 5.56 Å². The van der Waals surface area contributed by atoms with Crippen molar-refractivity contribution >= 4 is 0 Å². The summed E-state index contributed by atoms with van der Waals surface area (Å²) < 4.78 is 0. The highest BCUT2D eigenvalue weighted by Crippen LogP contribution is 2.22. The van der Waals surface area contributed by atoms with E-state index in [1.807, 2.05) is 13.0 Å². The maximum absolute atomic E-state index is 9.92. The largest absolute Gasteiger partial charge is 0.394 e. The molecule has 0 spiro atoms. The molecular weight excluding hydrogens is 252 g/mol. The third-order valence-corrected chi connectivity index (χ3v) is 2.99. The Hall–Kier alpha value is -1.02. The predicted octanol–water partition coefficient (Wildman–Crippen LogP) is -1.54. The summed E-state index contributed by atoms with van der Waals surface area (Å²) in [7, 11) is 0. The number of hydrogen-bond acceptors (Lipinski definition) is 6. The number of aliphatic hydroxyl groups is 6. The first kappa shape index (κ1) is 16.0. The number of hydrogen-bond donors (Lipinski definition) is 6. The van der Waals surface area contributed by atoms with E-state index < -0.39 is 37.1 Å². The van der Waals surface area contributed by atoms with Gasteiger partial charge in [-0.1, -0.05) is 29.8 Å². The Balaban J connectivity index is 2.79. The summed E-state index contributed by atoms with van der Waals surface area (Å²) in [6, 6.07) is 6.70. The van der Waals surface area contributed by atoms with Gasteiger partial charge in [0.25, 0.3) is 0 Å². The number of benzene rings is 1. The molecule has 1 aromatic rings. The lowest BCUT2D eigenvalue weighted by molar-refractivity contribution is -0.141. The van der Waals surface area contributed by atoms with Crippen molar-refractivity contribution in [1.29, 1.82) is 0 Å². The molecule has 0 amide bonds. The first-order valence-electron chi connectivity index (χ1n) is 5.96. The molecule has 6 heteroatoms. The van der Waals surface area contributed by atoms with Crippen LogP contribution in [0.5, 0.6) is 0 Å². The lowest BCUT2D eigenvalue weighted by Crippen LogP contribution is -2.47. The predicted molar refractivity (Wildman–Crippen MR) is 67.3 cm³/mol. The van der Waals surface area contributed by atoms with Crippen molar-refractivity contribution in [3.8, 4) is 0 Å². The smallest absolute Gasteiger partial charge is 0.113 e. The molecule has 6 N–H and O–H groups in total. The van der Waals surface area contributed by atoms with E-state index in [2.05, 4.69) is 0 Å². The van der Waals surface area contributed by atoms with Crippen LogP contribution in [0.25, 0.3) is 0 Å². The van der Waals surface area contributed by atoms with Gasteiger partial charge >= 0.3 is 0 Å². The maximum atomic E-state index is 9.92. The molecule has 0 aliphatic rings. The first-order chi connectivity index (χ1) is 8.88.